The van der Waals surface area contributed by atoms with Gasteiger partial charge in [-0.05, 0) is 36.5 Å². The number of carbonyl (C=O) groups excluding carboxylic acids is 2. The Bertz CT molecular complexity index is 827. The van der Waals surface area contributed by atoms with Crippen LogP contribution in [0.3, 0.4) is 0 Å². The topological polar surface area (TPSA) is 93.2 Å². The van der Waals surface area contributed by atoms with Gasteiger partial charge in [-0.25, -0.2) is 17.5 Å². The van der Waals surface area contributed by atoms with Crippen molar-refractivity contribution in [3.05, 3.63) is 23.8 Å². The summed E-state index contributed by atoms with van der Waals surface area (Å²) in [5, 5.41) is 0. The first-order valence-corrected chi connectivity index (χ1v) is 10.6. The second-order valence-electron chi connectivity index (χ2n) is 7.47. The molecule has 1 aliphatic heterocycles. The molecule has 1 saturated heterocycles. The van der Waals surface area contributed by atoms with Crippen LogP contribution in [0.5, 0.6) is 5.75 Å². The van der Waals surface area contributed by atoms with E-state index in [4.69, 9.17) is 9.47 Å². The standard InChI is InChI=1S/C19H28N2O6S/c1-13-8-14(2)11-21(10-13)18(22)12-27-19(23)15-6-7-16(26-5)17(9-15)28(24,25)20(3)4/h6-7,9,13-14H,8,10-12H2,1-5H3/t13-,14-/m0/s1. The number of amides is 1. The molecule has 1 fully saturated rings. The van der Waals surface area contributed by atoms with Gasteiger partial charge in [0.25, 0.3) is 5.91 Å². The van der Waals surface area contributed by atoms with Gasteiger partial charge in [0, 0.05) is 27.2 Å². The summed E-state index contributed by atoms with van der Waals surface area (Å²) in [6.07, 6.45) is 1.07. The van der Waals surface area contributed by atoms with Crippen LogP contribution >= 0.6 is 0 Å². The van der Waals surface area contributed by atoms with Crippen molar-refractivity contribution in [2.24, 2.45) is 11.8 Å². The molecule has 1 aromatic carbocycles. The molecule has 0 aliphatic carbocycles. The smallest absolute Gasteiger partial charge is 0.338 e. The maximum Gasteiger partial charge on any atom is 0.338 e. The molecule has 2 atom stereocenters. The number of nitrogens with zero attached hydrogens (tertiary/aromatic N) is 2. The number of hydrogen-bond donors (Lipinski definition) is 0. The molecule has 0 bridgehead atoms. The molecule has 1 aliphatic rings. The van der Waals surface area contributed by atoms with E-state index in [9.17, 15) is 18.0 Å². The lowest BCUT2D eigenvalue weighted by molar-refractivity contribution is -0.137. The Balaban J connectivity index is 2.11. The van der Waals surface area contributed by atoms with E-state index < -0.39 is 16.0 Å². The minimum atomic E-state index is -3.81. The first kappa shape index (κ1) is 22.2. The van der Waals surface area contributed by atoms with Crippen LogP contribution in [0, 0.1) is 11.8 Å². The highest BCUT2D eigenvalue weighted by molar-refractivity contribution is 7.89. The maximum atomic E-state index is 12.5. The molecule has 0 unspecified atom stereocenters. The third-order valence-corrected chi connectivity index (χ3v) is 6.54. The summed E-state index contributed by atoms with van der Waals surface area (Å²) in [7, 11) is 0.313. The van der Waals surface area contributed by atoms with Gasteiger partial charge in [-0.1, -0.05) is 13.8 Å². The fourth-order valence-electron chi connectivity index (χ4n) is 3.37. The zero-order valence-corrected chi connectivity index (χ0v) is 17.8. The molecule has 156 valence electrons. The number of sulfonamides is 1. The average Bonchev–Trinajstić information content (AvgIpc) is 2.64. The molecule has 1 heterocycles. The molecule has 0 aromatic heterocycles. The molecule has 8 nitrogen and oxygen atoms in total. The van der Waals surface area contributed by atoms with E-state index in [2.05, 4.69) is 13.8 Å². The van der Waals surface area contributed by atoms with Crippen molar-refractivity contribution in [2.75, 3.05) is 40.9 Å². The van der Waals surface area contributed by atoms with Crippen LogP contribution in [0.25, 0.3) is 0 Å². The van der Waals surface area contributed by atoms with E-state index in [-0.39, 0.29) is 28.7 Å². The molecule has 0 saturated carbocycles. The van der Waals surface area contributed by atoms with Crippen LogP contribution in [-0.4, -0.2) is 70.4 Å². The number of hydrogen-bond acceptors (Lipinski definition) is 6. The Labute approximate surface area is 166 Å². The molecular formula is C19H28N2O6S. The first-order chi connectivity index (χ1) is 13.1. The number of likely N-dealkylation sites (tertiary alicyclic amines) is 1. The van der Waals surface area contributed by atoms with Gasteiger partial charge in [0.2, 0.25) is 10.0 Å². The lowest BCUT2D eigenvalue weighted by Crippen LogP contribution is -2.44. The Morgan fingerprint density at radius 2 is 1.79 bits per heavy atom. The van der Waals surface area contributed by atoms with E-state index in [1.807, 2.05) is 0 Å². The number of methoxy groups -OCH3 is 1. The molecular weight excluding hydrogens is 384 g/mol. The Hall–Kier alpha value is -2.13. The van der Waals surface area contributed by atoms with E-state index in [1.54, 1.807) is 4.90 Å². The van der Waals surface area contributed by atoms with E-state index in [1.165, 1.54) is 39.4 Å². The Morgan fingerprint density at radius 3 is 2.32 bits per heavy atom. The van der Waals surface area contributed by atoms with Gasteiger partial charge in [0.1, 0.15) is 10.6 Å². The molecule has 1 aromatic rings. The van der Waals surface area contributed by atoms with Gasteiger partial charge >= 0.3 is 5.97 Å². The van der Waals surface area contributed by atoms with Crippen molar-refractivity contribution < 1.29 is 27.5 Å². The lowest BCUT2D eigenvalue weighted by atomic mass is 9.92. The zero-order chi connectivity index (χ0) is 21.1. The van der Waals surface area contributed by atoms with Crippen molar-refractivity contribution in [3.63, 3.8) is 0 Å². The number of benzene rings is 1. The van der Waals surface area contributed by atoms with Gasteiger partial charge in [0.15, 0.2) is 6.61 Å². The van der Waals surface area contributed by atoms with Crippen molar-refractivity contribution in [2.45, 2.75) is 25.2 Å². The molecule has 9 heteroatoms. The quantitative estimate of drug-likeness (QED) is 0.659. The van der Waals surface area contributed by atoms with Crippen LogP contribution in [0.1, 0.15) is 30.6 Å². The van der Waals surface area contributed by atoms with Gasteiger partial charge in [-0.2, -0.15) is 0 Å². The van der Waals surface area contributed by atoms with Crippen molar-refractivity contribution in [3.8, 4) is 5.75 Å². The molecule has 2 rings (SSSR count). The fraction of sp³-hybridized carbons (Fsp3) is 0.579. The highest BCUT2D eigenvalue weighted by atomic mass is 32.2. The van der Waals surface area contributed by atoms with E-state index >= 15 is 0 Å². The van der Waals surface area contributed by atoms with Crippen LogP contribution in [-0.2, 0) is 19.6 Å². The summed E-state index contributed by atoms with van der Waals surface area (Å²) in [5.74, 6) is -0.0732. The van der Waals surface area contributed by atoms with Crippen LogP contribution in [0.15, 0.2) is 23.1 Å². The SMILES string of the molecule is COc1ccc(C(=O)OCC(=O)N2C[C@@H](C)C[C@H](C)C2)cc1S(=O)(=O)N(C)C. The first-order valence-electron chi connectivity index (χ1n) is 9.11. The Morgan fingerprint density at radius 1 is 1.18 bits per heavy atom. The van der Waals surface area contributed by atoms with E-state index in [0.717, 1.165) is 10.7 Å². The second-order valence-corrected chi connectivity index (χ2v) is 9.59. The molecule has 0 N–H and O–H groups in total. The summed E-state index contributed by atoms with van der Waals surface area (Å²) in [4.78, 5) is 26.3. The summed E-state index contributed by atoms with van der Waals surface area (Å²) in [5.41, 5.74) is 0.0365. The molecule has 28 heavy (non-hydrogen) atoms. The minimum Gasteiger partial charge on any atom is -0.495 e. The van der Waals surface area contributed by atoms with Gasteiger partial charge in [-0.15, -0.1) is 0 Å². The van der Waals surface area contributed by atoms with Crippen molar-refractivity contribution in [1.82, 2.24) is 9.21 Å². The lowest BCUT2D eigenvalue weighted by Gasteiger charge is -2.34. The summed E-state index contributed by atoms with van der Waals surface area (Å²) >= 11 is 0. The van der Waals surface area contributed by atoms with Gasteiger partial charge < -0.3 is 14.4 Å². The predicted octanol–water partition coefficient (Wildman–Crippen LogP) is 1.61. The average molecular weight is 413 g/mol. The number of carbonyl (C=O) groups is 2. The number of ether oxygens (including phenoxy) is 2. The van der Waals surface area contributed by atoms with Crippen molar-refractivity contribution >= 4 is 21.9 Å². The molecule has 0 spiro atoms. The maximum absolute atomic E-state index is 12.5. The van der Waals surface area contributed by atoms with Gasteiger partial charge in [0.05, 0.1) is 12.7 Å². The van der Waals surface area contributed by atoms with Crippen LogP contribution in [0.2, 0.25) is 0 Å². The van der Waals surface area contributed by atoms with E-state index in [0.29, 0.717) is 24.9 Å². The largest absolute Gasteiger partial charge is 0.495 e. The fourth-order valence-corrected chi connectivity index (χ4v) is 4.45. The predicted molar refractivity (Wildman–Crippen MR) is 104 cm³/mol. The third kappa shape index (κ3) is 5.02. The number of rotatable bonds is 6. The monoisotopic (exact) mass is 412 g/mol. The third-order valence-electron chi connectivity index (χ3n) is 4.71. The van der Waals surface area contributed by atoms with Crippen LogP contribution in [0.4, 0.5) is 0 Å². The highest BCUT2D eigenvalue weighted by Gasteiger charge is 2.27. The van der Waals surface area contributed by atoms with Crippen LogP contribution < -0.4 is 4.74 Å². The Kier molecular flexibility index (Phi) is 7.06. The van der Waals surface area contributed by atoms with Crippen molar-refractivity contribution in [1.29, 1.82) is 0 Å². The summed E-state index contributed by atoms with van der Waals surface area (Å²) in [6, 6.07) is 4.00. The minimum absolute atomic E-state index is 0.0365. The summed E-state index contributed by atoms with van der Waals surface area (Å²) in [6.45, 7) is 5.10. The highest BCUT2D eigenvalue weighted by Crippen LogP contribution is 2.27. The number of piperidine rings is 1. The summed E-state index contributed by atoms with van der Waals surface area (Å²) < 4.78 is 36.2. The molecule has 1 amide bonds. The normalized spacial score (nSPS) is 20.1. The zero-order valence-electron chi connectivity index (χ0n) is 17.0. The second kappa shape index (κ2) is 8.91. The number of esters is 1. The molecule has 0 radical (unpaired) electrons. The van der Waals surface area contributed by atoms with Gasteiger partial charge in [-0.3, -0.25) is 4.79 Å².